The lowest BCUT2D eigenvalue weighted by atomic mass is 10.0. The minimum Gasteiger partial charge on any atom is -0.349 e. The first-order chi connectivity index (χ1) is 12.8. The summed E-state index contributed by atoms with van der Waals surface area (Å²) in [6.45, 7) is 3.86. The number of piperidine rings is 1. The highest BCUT2D eigenvalue weighted by atomic mass is 32.2. The van der Waals surface area contributed by atoms with Crippen LogP contribution in [0, 0.1) is 6.92 Å². The molecule has 2 N–H and O–H groups in total. The van der Waals surface area contributed by atoms with E-state index in [1.165, 1.54) is 0 Å². The van der Waals surface area contributed by atoms with Gasteiger partial charge in [-0.2, -0.15) is 0 Å². The molecule has 3 rings (SSSR count). The summed E-state index contributed by atoms with van der Waals surface area (Å²) in [5, 5.41) is 3.05. The second-order valence-corrected chi connectivity index (χ2v) is 8.73. The van der Waals surface area contributed by atoms with Crippen molar-refractivity contribution in [2.24, 2.45) is 0 Å². The number of sulfonamides is 1. The Morgan fingerprint density at radius 2 is 1.59 bits per heavy atom. The van der Waals surface area contributed by atoms with E-state index >= 15 is 0 Å². The first kappa shape index (κ1) is 19.4. The van der Waals surface area contributed by atoms with Gasteiger partial charge in [0.25, 0.3) is 15.9 Å². The van der Waals surface area contributed by atoms with Gasteiger partial charge in [0.15, 0.2) is 0 Å². The van der Waals surface area contributed by atoms with Crippen molar-refractivity contribution in [1.82, 2.24) is 10.2 Å². The largest absolute Gasteiger partial charge is 0.349 e. The van der Waals surface area contributed by atoms with E-state index in [1.807, 2.05) is 6.92 Å². The molecule has 7 heteroatoms. The molecular formula is C20H25N3O3S. The molecule has 0 radical (unpaired) electrons. The standard InChI is InChI=1S/C20H25N3O3S/c1-15-3-9-19(10-4-15)27(25,26)22-18-7-5-16(6-8-18)20(24)21-17-11-13-23(2)14-12-17/h3-10,17,22H,11-14H2,1-2H3,(H,21,24). The molecule has 0 aromatic heterocycles. The molecule has 0 spiro atoms. The number of carbonyl (C=O) groups excluding carboxylic acids is 1. The van der Waals surface area contributed by atoms with Crippen LogP contribution in [0.3, 0.4) is 0 Å². The Morgan fingerprint density at radius 3 is 2.19 bits per heavy atom. The molecule has 0 saturated carbocycles. The molecule has 1 fully saturated rings. The van der Waals surface area contributed by atoms with E-state index in [0.29, 0.717) is 11.3 Å². The van der Waals surface area contributed by atoms with E-state index in [-0.39, 0.29) is 16.8 Å². The first-order valence-corrected chi connectivity index (χ1v) is 10.5. The maximum absolute atomic E-state index is 12.4. The average Bonchev–Trinajstić information content (AvgIpc) is 2.64. The summed E-state index contributed by atoms with van der Waals surface area (Å²) in [7, 11) is -1.57. The summed E-state index contributed by atoms with van der Waals surface area (Å²) >= 11 is 0. The lowest BCUT2D eigenvalue weighted by Gasteiger charge is -2.29. The smallest absolute Gasteiger partial charge is 0.261 e. The van der Waals surface area contributed by atoms with Crippen LogP contribution in [0.4, 0.5) is 5.69 Å². The van der Waals surface area contributed by atoms with Crippen LogP contribution in [0.15, 0.2) is 53.4 Å². The molecule has 1 saturated heterocycles. The zero-order valence-electron chi connectivity index (χ0n) is 15.6. The van der Waals surface area contributed by atoms with Gasteiger partial charge in [0.2, 0.25) is 0 Å². The van der Waals surface area contributed by atoms with Crippen LogP contribution >= 0.6 is 0 Å². The Morgan fingerprint density at radius 1 is 1.00 bits per heavy atom. The van der Waals surface area contributed by atoms with Gasteiger partial charge in [-0.15, -0.1) is 0 Å². The van der Waals surface area contributed by atoms with Gasteiger partial charge in [-0.05, 0) is 76.3 Å². The summed E-state index contributed by atoms with van der Waals surface area (Å²) in [5.41, 5.74) is 1.94. The van der Waals surface area contributed by atoms with Crippen LogP contribution < -0.4 is 10.0 Å². The number of hydrogen-bond donors (Lipinski definition) is 2. The SMILES string of the molecule is Cc1ccc(S(=O)(=O)Nc2ccc(C(=O)NC3CCN(C)CC3)cc2)cc1. The van der Waals surface area contributed by atoms with Gasteiger partial charge in [0.05, 0.1) is 4.90 Å². The monoisotopic (exact) mass is 387 g/mol. The van der Waals surface area contributed by atoms with Crippen molar-refractivity contribution < 1.29 is 13.2 Å². The van der Waals surface area contributed by atoms with Gasteiger partial charge in [-0.25, -0.2) is 8.42 Å². The number of rotatable bonds is 5. The fourth-order valence-corrected chi connectivity index (χ4v) is 4.10. The normalized spacial score (nSPS) is 16.1. The number of carbonyl (C=O) groups is 1. The van der Waals surface area contributed by atoms with Gasteiger partial charge in [0, 0.05) is 17.3 Å². The predicted molar refractivity (Wildman–Crippen MR) is 106 cm³/mol. The molecule has 0 bridgehead atoms. The Bertz CT molecular complexity index is 885. The summed E-state index contributed by atoms with van der Waals surface area (Å²) in [6.07, 6.45) is 1.88. The maximum Gasteiger partial charge on any atom is 0.261 e. The predicted octanol–water partition coefficient (Wildman–Crippen LogP) is 2.62. The van der Waals surface area contributed by atoms with E-state index < -0.39 is 10.0 Å². The quantitative estimate of drug-likeness (QED) is 0.827. The van der Waals surface area contributed by atoms with Crippen LogP contribution in [0.25, 0.3) is 0 Å². The molecule has 144 valence electrons. The van der Waals surface area contributed by atoms with Gasteiger partial charge >= 0.3 is 0 Å². The summed E-state index contributed by atoms with van der Waals surface area (Å²) < 4.78 is 27.4. The third-order valence-electron chi connectivity index (χ3n) is 4.78. The second-order valence-electron chi connectivity index (χ2n) is 7.05. The number of aryl methyl sites for hydroxylation is 1. The minimum atomic E-state index is -3.65. The van der Waals surface area contributed by atoms with Crippen LogP contribution in [-0.2, 0) is 10.0 Å². The number of nitrogens with zero attached hydrogens (tertiary/aromatic N) is 1. The van der Waals surface area contributed by atoms with E-state index in [0.717, 1.165) is 31.5 Å². The summed E-state index contributed by atoms with van der Waals surface area (Å²) in [6, 6.07) is 13.3. The molecule has 0 aliphatic carbocycles. The number of likely N-dealkylation sites (tertiary alicyclic amines) is 1. The molecule has 1 amide bonds. The van der Waals surface area contributed by atoms with E-state index in [1.54, 1.807) is 48.5 Å². The fourth-order valence-electron chi connectivity index (χ4n) is 3.04. The van der Waals surface area contributed by atoms with E-state index in [4.69, 9.17) is 0 Å². The van der Waals surface area contributed by atoms with Crippen molar-refractivity contribution in [2.75, 3.05) is 24.9 Å². The summed E-state index contributed by atoms with van der Waals surface area (Å²) in [5.74, 6) is -0.127. The number of hydrogen-bond acceptors (Lipinski definition) is 4. The van der Waals surface area contributed by atoms with Crippen LogP contribution in [0.5, 0.6) is 0 Å². The minimum absolute atomic E-state index is 0.127. The van der Waals surface area contributed by atoms with Gasteiger partial charge in [0.1, 0.15) is 0 Å². The maximum atomic E-state index is 12.4. The zero-order valence-corrected chi connectivity index (χ0v) is 16.4. The average molecular weight is 388 g/mol. The Labute approximate surface area is 160 Å². The molecule has 27 heavy (non-hydrogen) atoms. The highest BCUT2D eigenvalue weighted by Gasteiger charge is 2.19. The lowest BCUT2D eigenvalue weighted by Crippen LogP contribution is -2.43. The van der Waals surface area contributed by atoms with Gasteiger partial charge in [-0.1, -0.05) is 17.7 Å². The third kappa shape index (κ3) is 5.08. The highest BCUT2D eigenvalue weighted by molar-refractivity contribution is 7.92. The summed E-state index contributed by atoms with van der Waals surface area (Å²) in [4.78, 5) is 14.8. The highest BCUT2D eigenvalue weighted by Crippen LogP contribution is 2.17. The molecule has 1 aliphatic heterocycles. The van der Waals surface area contributed by atoms with Crippen molar-refractivity contribution in [1.29, 1.82) is 0 Å². The van der Waals surface area contributed by atoms with Crippen molar-refractivity contribution in [2.45, 2.75) is 30.7 Å². The number of nitrogens with one attached hydrogen (secondary N) is 2. The van der Waals surface area contributed by atoms with Crippen LogP contribution in [-0.4, -0.2) is 45.4 Å². The molecule has 1 heterocycles. The van der Waals surface area contributed by atoms with Crippen LogP contribution in [0.1, 0.15) is 28.8 Å². The molecule has 0 unspecified atom stereocenters. The van der Waals surface area contributed by atoms with Crippen molar-refractivity contribution in [3.05, 3.63) is 59.7 Å². The van der Waals surface area contributed by atoms with Crippen molar-refractivity contribution >= 4 is 21.6 Å². The Kier molecular flexibility index (Phi) is 5.82. The number of amides is 1. The third-order valence-corrected chi connectivity index (χ3v) is 6.18. The number of anilines is 1. The topological polar surface area (TPSA) is 78.5 Å². The molecular weight excluding hydrogens is 362 g/mol. The van der Waals surface area contributed by atoms with Crippen molar-refractivity contribution in [3.63, 3.8) is 0 Å². The molecule has 2 aromatic rings. The van der Waals surface area contributed by atoms with E-state index in [9.17, 15) is 13.2 Å². The fraction of sp³-hybridized carbons (Fsp3) is 0.350. The van der Waals surface area contributed by atoms with Gasteiger partial charge < -0.3 is 10.2 Å². The van der Waals surface area contributed by atoms with E-state index in [2.05, 4.69) is 22.0 Å². The Balaban J connectivity index is 1.63. The number of benzene rings is 2. The molecule has 2 aromatic carbocycles. The second kappa shape index (κ2) is 8.10. The first-order valence-electron chi connectivity index (χ1n) is 9.02. The molecule has 1 aliphatic rings. The van der Waals surface area contributed by atoms with Crippen molar-refractivity contribution in [3.8, 4) is 0 Å². The van der Waals surface area contributed by atoms with Crippen LogP contribution in [0.2, 0.25) is 0 Å². The Hall–Kier alpha value is -2.38. The van der Waals surface area contributed by atoms with Gasteiger partial charge in [-0.3, -0.25) is 9.52 Å². The molecule has 6 nitrogen and oxygen atoms in total. The molecule has 0 atom stereocenters. The zero-order chi connectivity index (χ0) is 19.4. The lowest BCUT2D eigenvalue weighted by molar-refractivity contribution is 0.0917.